The van der Waals surface area contributed by atoms with Crippen LogP contribution >= 0.6 is 0 Å². The van der Waals surface area contributed by atoms with E-state index in [0.29, 0.717) is 0 Å². The molecule has 0 aliphatic rings. The maximum absolute atomic E-state index is 13.2. The van der Waals surface area contributed by atoms with Crippen molar-refractivity contribution < 1.29 is 70.2 Å². The number of rotatable bonds is 8. The molecular formula is C11H7F16N. The molecule has 0 rings (SSSR count). The molecule has 168 valence electrons. The molecule has 0 saturated carbocycles. The summed E-state index contributed by atoms with van der Waals surface area (Å²) in [5.41, 5.74) is 0. The van der Waals surface area contributed by atoms with Gasteiger partial charge in [0.2, 0.25) is 0 Å². The van der Waals surface area contributed by atoms with Crippen LogP contribution in [0.1, 0.15) is 0 Å². The smallest absolute Gasteiger partial charge is 0.316 e. The molecule has 0 aromatic carbocycles. The zero-order chi connectivity index (χ0) is 23.2. The van der Waals surface area contributed by atoms with E-state index in [2.05, 4.69) is 0 Å². The molecule has 0 aromatic rings. The third-order valence-electron chi connectivity index (χ3n) is 3.11. The zero-order valence-electron chi connectivity index (χ0n) is 12.8. The normalized spacial score (nSPS) is 16.5. The average molecular weight is 457 g/mol. The van der Waals surface area contributed by atoms with Gasteiger partial charge in [-0.1, -0.05) is 0 Å². The zero-order valence-corrected chi connectivity index (χ0v) is 12.8. The van der Waals surface area contributed by atoms with E-state index in [4.69, 9.17) is 0 Å². The molecule has 0 atom stereocenters. The largest absolute Gasteiger partial charge is 0.460 e. The van der Waals surface area contributed by atoms with Gasteiger partial charge in [0.1, 0.15) is 0 Å². The molecule has 0 radical (unpaired) electrons. The highest BCUT2D eigenvalue weighted by Gasteiger charge is 2.93. The highest BCUT2D eigenvalue weighted by Crippen LogP contribution is 2.63. The summed E-state index contributed by atoms with van der Waals surface area (Å²) >= 11 is 0. The number of halogens is 16. The fourth-order valence-corrected chi connectivity index (χ4v) is 1.44. The van der Waals surface area contributed by atoms with Gasteiger partial charge in [-0.05, 0) is 13.1 Å². The summed E-state index contributed by atoms with van der Waals surface area (Å²) in [6.07, 6.45) is -8.30. The molecule has 1 nitrogen and oxygen atoms in total. The van der Waals surface area contributed by atoms with Crippen LogP contribution in [0.5, 0.6) is 0 Å². The highest BCUT2D eigenvalue weighted by molar-refractivity contribution is 5.19. The Kier molecular flexibility index (Phi) is 6.76. The number of alkyl halides is 15. The van der Waals surface area contributed by atoms with Gasteiger partial charge < -0.3 is 5.32 Å². The molecule has 0 amide bonds. The van der Waals surface area contributed by atoms with Crippen LogP contribution in [0, 0.1) is 0 Å². The minimum Gasteiger partial charge on any atom is -0.316 e. The molecule has 1 N–H and O–H groups in total. The molecule has 0 aromatic heterocycles. The highest BCUT2D eigenvalue weighted by atomic mass is 19.4. The quantitative estimate of drug-likeness (QED) is 0.480. The predicted molar refractivity (Wildman–Crippen MR) is 58.9 cm³/mol. The van der Waals surface area contributed by atoms with Gasteiger partial charge in [0.05, 0.1) is 0 Å². The van der Waals surface area contributed by atoms with Crippen LogP contribution in [-0.4, -0.2) is 55.3 Å². The lowest BCUT2D eigenvalue weighted by molar-refractivity contribution is -0.450. The standard InChI is InChI=1S/C11H7F16N/c1-28-3-2-4(12)5(13,14)6(15,16)7(17,18)8(19,20)9(21,22)10(23,24)11(25,26)27/h2,28H,3H2,1H3. The van der Waals surface area contributed by atoms with Crippen molar-refractivity contribution in [1.82, 2.24) is 5.32 Å². The van der Waals surface area contributed by atoms with E-state index < -0.39 is 60.2 Å². The van der Waals surface area contributed by atoms with Gasteiger partial charge in [-0.25, -0.2) is 4.39 Å². The van der Waals surface area contributed by atoms with Gasteiger partial charge in [-0.2, -0.15) is 65.9 Å². The van der Waals surface area contributed by atoms with Gasteiger partial charge in [-0.3, -0.25) is 0 Å². The summed E-state index contributed by atoms with van der Waals surface area (Å²) < 4.78 is 205. The Bertz CT molecular complexity index is 586. The molecule has 0 saturated heterocycles. The molecular weight excluding hydrogens is 450 g/mol. The number of likely N-dealkylation sites (N-methyl/N-ethyl adjacent to an activating group) is 1. The number of allylic oxidation sites excluding steroid dienone is 1. The fourth-order valence-electron chi connectivity index (χ4n) is 1.44. The summed E-state index contributed by atoms with van der Waals surface area (Å²) in [4.78, 5) is 0. The third kappa shape index (κ3) is 3.49. The number of hydrogen-bond donors (Lipinski definition) is 1. The first-order chi connectivity index (χ1) is 12.0. The van der Waals surface area contributed by atoms with E-state index in [1.165, 1.54) is 0 Å². The van der Waals surface area contributed by atoms with Crippen LogP contribution in [0.4, 0.5) is 70.2 Å². The van der Waals surface area contributed by atoms with E-state index in [1.807, 2.05) is 0 Å². The summed E-state index contributed by atoms with van der Waals surface area (Å²) in [5, 5.41) is 1.78. The Morgan fingerprint density at radius 2 is 0.929 bits per heavy atom. The Balaban J connectivity index is 6.55. The fraction of sp³-hybridized carbons (Fsp3) is 0.818. The van der Waals surface area contributed by atoms with Crippen LogP contribution in [0.2, 0.25) is 0 Å². The topological polar surface area (TPSA) is 12.0 Å². The van der Waals surface area contributed by atoms with Crippen LogP contribution in [-0.2, 0) is 0 Å². The maximum Gasteiger partial charge on any atom is 0.460 e. The third-order valence-corrected chi connectivity index (χ3v) is 3.11. The molecule has 0 aliphatic carbocycles. The van der Waals surface area contributed by atoms with Gasteiger partial charge in [0, 0.05) is 6.54 Å². The molecule has 17 heteroatoms. The molecule has 0 fully saturated rings. The number of nitrogens with one attached hydrogen (secondary N) is 1. The van der Waals surface area contributed by atoms with E-state index in [0.717, 1.165) is 7.05 Å². The number of hydrogen-bond acceptors (Lipinski definition) is 1. The Morgan fingerprint density at radius 3 is 1.25 bits per heavy atom. The van der Waals surface area contributed by atoms with Crippen LogP contribution in [0.3, 0.4) is 0 Å². The van der Waals surface area contributed by atoms with Crippen molar-refractivity contribution in [2.45, 2.75) is 41.7 Å². The van der Waals surface area contributed by atoms with Crippen LogP contribution in [0.15, 0.2) is 11.9 Å². The van der Waals surface area contributed by atoms with E-state index in [-0.39, 0.29) is 0 Å². The van der Waals surface area contributed by atoms with Crippen molar-refractivity contribution in [1.29, 1.82) is 0 Å². The SMILES string of the molecule is CNCC=C(F)C(F)(F)C(F)(F)C(F)(F)C(F)(F)C(F)(F)C(F)(F)C(F)(F)F. The molecule has 28 heavy (non-hydrogen) atoms. The first-order valence-electron chi connectivity index (χ1n) is 6.32. The second-order valence-corrected chi connectivity index (χ2v) is 5.05. The summed E-state index contributed by atoms with van der Waals surface area (Å²) in [6, 6.07) is 0. The second-order valence-electron chi connectivity index (χ2n) is 5.05. The van der Waals surface area contributed by atoms with Crippen molar-refractivity contribution in [3.05, 3.63) is 11.9 Å². The monoisotopic (exact) mass is 457 g/mol. The van der Waals surface area contributed by atoms with E-state index in [1.54, 1.807) is 5.32 Å². The molecule has 0 unspecified atom stereocenters. The van der Waals surface area contributed by atoms with E-state index in [9.17, 15) is 70.2 Å². The van der Waals surface area contributed by atoms with Crippen molar-refractivity contribution in [2.75, 3.05) is 13.6 Å². The average Bonchev–Trinajstić information content (AvgIpc) is 2.50. The lowest BCUT2D eigenvalue weighted by Gasteiger charge is -2.41. The molecule has 0 heterocycles. The molecule has 0 spiro atoms. The van der Waals surface area contributed by atoms with Crippen LogP contribution < -0.4 is 5.32 Å². The lowest BCUT2D eigenvalue weighted by atomic mass is 9.90. The molecule has 0 aliphatic heterocycles. The lowest BCUT2D eigenvalue weighted by Crippen LogP contribution is -2.72. The van der Waals surface area contributed by atoms with Gasteiger partial charge >= 0.3 is 41.7 Å². The second kappa shape index (κ2) is 7.12. The Morgan fingerprint density at radius 1 is 0.607 bits per heavy atom. The minimum absolute atomic E-state index is 0.620. The Hall–Kier alpha value is -1.42. The first-order valence-corrected chi connectivity index (χ1v) is 6.32. The van der Waals surface area contributed by atoms with Crippen molar-refractivity contribution in [3.8, 4) is 0 Å². The Labute approximate surface area is 144 Å². The van der Waals surface area contributed by atoms with Gasteiger partial charge in [0.15, 0.2) is 5.83 Å². The van der Waals surface area contributed by atoms with Crippen molar-refractivity contribution in [2.24, 2.45) is 0 Å². The maximum atomic E-state index is 13.2. The summed E-state index contributed by atoms with van der Waals surface area (Å²) in [5.74, 6) is -51.6. The van der Waals surface area contributed by atoms with E-state index >= 15 is 0 Å². The van der Waals surface area contributed by atoms with Crippen molar-refractivity contribution in [3.63, 3.8) is 0 Å². The van der Waals surface area contributed by atoms with Gasteiger partial charge in [-0.15, -0.1) is 0 Å². The van der Waals surface area contributed by atoms with Gasteiger partial charge in [0.25, 0.3) is 0 Å². The van der Waals surface area contributed by atoms with Crippen LogP contribution in [0.25, 0.3) is 0 Å². The minimum atomic E-state index is -8.42. The summed E-state index contributed by atoms with van der Waals surface area (Å²) in [7, 11) is 0.864. The predicted octanol–water partition coefficient (Wildman–Crippen LogP) is 5.43. The summed E-state index contributed by atoms with van der Waals surface area (Å²) in [6.45, 7) is -1.11. The van der Waals surface area contributed by atoms with Crippen molar-refractivity contribution >= 4 is 0 Å². The molecule has 0 bridgehead atoms. The first kappa shape index (κ1) is 26.6.